The number of carbonyl (C=O) groups is 1. The maximum Gasteiger partial charge on any atom is 0.275 e. The van der Waals surface area contributed by atoms with Crippen molar-refractivity contribution in [2.24, 2.45) is 0 Å². The van der Waals surface area contributed by atoms with E-state index in [1.54, 1.807) is 49.6 Å². The number of likely N-dealkylation sites (N-methyl/N-ethyl adjacent to an activating group) is 1. The number of hydrogen-bond donors (Lipinski definition) is 0. The first-order chi connectivity index (χ1) is 15.1. The van der Waals surface area contributed by atoms with Crippen LogP contribution in [0.15, 0.2) is 77.9 Å². The zero-order valence-electron chi connectivity index (χ0n) is 17.0. The van der Waals surface area contributed by atoms with E-state index in [-0.39, 0.29) is 24.3 Å². The van der Waals surface area contributed by atoms with Crippen LogP contribution in [-0.4, -0.2) is 27.2 Å². The number of anilines is 1. The molecule has 0 N–H and O–H groups in total. The molecule has 1 amide bonds. The first-order valence-corrected chi connectivity index (χ1v) is 10.0. The molecule has 0 aliphatic carbocycles. The van der Waals surface area contributed by atoms with Gasteiger partial charge in [0.15, 0.2) is 0 Å². The first-order valence-electron chi connectivity index (χ1n) is 10.0. The van der Waals surface area contributed by atoms with E-state index in [1.807, 2.05) is 24.3 Å². The van der Waals surface area contributed by atoms with Crippen molar-refractivity contribution < 1.29 is 9.18 Å². The number of rotatable bonds is 6. The minimum absolute atomic E-state index is 0.180. The Morgan fingerprint density at radius 2 is 1.77 bits per heavy atom. The van der Waals surface area contributed by atoms with E-state index in [0.29, 0.717) is 17.5 Å². The van der Waals surface area contributed by atoms with Gasteiger partial charge in [-0.1, -0.05) is 36.4 Å². The number of halogens is 1. The topological polar surface area (TPSA) is 68.1 Å². The minimum Gasteiger partial charge on any atom is -0.308 e. The van der Waals surface area contributed by atoms with Crippen molar-refractivity contribution in [3.05, 3.63) is 100 Å². The lowest BCUT2D eigenvalue weighted by Crippen LogP contribution is -2.38. The Labute approximate surface area is 178 Å². The largest absolute Gasteiger partial charge is 0.308 e. The molecule has 2 aromatic heterocycles. The zero-order valence-corrected chi connectivity index (χ0v) is 17.0. The van der Waals surface area contributed by atoms with Crippen molar-refractivity contribution in [3.63, 3.8) is 0 Å². The van der Waals surface area contributed by atoms with Crippen molar-refractivity contribution in [3.8, 4) is 0 Å². The van der Waals surface area contributed by atoms with Gasteiger partial charge in [0.1, 0.15) is 12.4 Å². The Balaban J connectivity index is 1.73. The van der Waals surface area contributed by atoms with Crippen molar-refractivity contribution in [2.45, 2.75) is 19.9 Å². The Bertz CT molecular complexity index is 1290. The van der Waals surface area contributed by atoms with E-state index in [1.165, 1.54) is 15.6 Å². The van der Waals surface area contributed by atoms with Crippen LogP contribution in [0.1, 0.15) is 18.2 Å². The standard InChI is InChI=1S/C24H21FN4O2/c1-2-28(22-12-6-5-11-20(22)25)23(30)16-29-24(31)19-10-4-3-9-18(19)21(27-29)14-17-8-7-13-26-15-17/h3-13,15H,2,14,16H2,1H3. The van der Waals surface area contributed by atoms with E-state index in [2.05, 4.69) is 10.1 Å². The summed E-state index contributed by atoms with van der Waals surface area (Å²) in [5.74, 6) is -0.904. The molecular formula is C24H21FN4O2. The van der Waals surface area contributed by atoms with Crippen molar-refractivity contribution in [1.82, 2.24) is 14.8 Å². The second kappa shape index (κ2) is 8.87. The van der Waals surface area contributed by atoms with Gasteiger partial charge in [-0.15, -0.1) is 0 Å². The van der Waals surface area contributed by atoms with Gasteiger partial charge in [0.25, 0.3) is 5.56 Å². The first kappa shape index (κ1) is 20.4. The summed E-state index contributed by atoms with van der Waals surface area (Å²) >= 11 is 0. The molecule has 0 aliphatic heterocycles. The molecule has 0 unspecified atom stereocenters. The molecule has 0 saturated carbocycles. The summed E-state index contributed by atoms with van der Waals surface area (Å²) in [5.41, 5.74) is 1.44. The average Bonchev–Trinajstić information content (AvgIpc) is 2.79. The fraction of sp³-hybridized carbons (Fsp3) is 0.167. The van der Waals surface area contributed by atoms with E-state index in [0.717, 1.165) is 10.9 Å². The Morgan fingerprint density at radius 1 is 1.03 bits per heavy atom. The number of fused-ring (bicyclic) bond motifs is 1. The highest BCUT2D eigenvalue weighted by Gasteiger charge is 2.20. The van der Waals surface area contributed by atoms with Crippen LogP contribution in [0.25, 0.3) is 10.8 Å². The smallest absolute Gasteiger partial charge is 0.275 e. The fourth-order valence-corrected chi connectivity index (χ4v) is 3.60. The lowest BCUT2D eigenvalue weighted by Gasteiger charge is -2.22. The van der Waals surface area contributed by atoms with Crippen LogP contribution in [0, 0.1) is 5.82 Å². The predicted octanol–water partition coefficient (Wildman–Crippen LogP) is 3.57. The number of nitrogens with zero attached hydrogens (tertiary/aromatic N) is 4. The molecule has 2 aromatic carbocycles. The second-order valence-corrected chi connectivity index (χ2v) is 7.08. The highest BCUT2D eigenvalue weighted by molar-refractivity contribution is 5.93. The van der Waals surface area contributed by atoms with Gasteiger partial charge in [0.05, 0.1) is 16.8 Å². The summed E-state index contributed by atoms with van der Waals surface area (Å²) in [6.07, 6.45) is 3.90. The molecule has 6 nitrogen and oxygen atoms in total. The summed E-state index contributed by atoms with van der Waals surface area (Å²) in [4.78, 5) is 31.5. The van der Waals surface area contributed by atoms with Crippen LogP contribution in [0.5, 0.6) is 0 Å². The highest BCUT2D eigenvalue weighted by atomic mass is 19.1. The molecule has 4 aromatic rings. The molecule has 0 atom stereocenters. The number of para-hydroxylation sites is 1. The van der Waals surface area contributed by atoms with Gasteiger partial charge in [0, 0.05) is 30.7 Å². The molecule has 0 bridgehead atoms. The maximum atomic E-state index is 14.2. The van der Waals surface area contributed by atoms with Gasteiger partial charge in [0.2, 0.25) is 5.91 Å². The number of amides is 1. The summed E-state index contributed by atoms with van der Waals surface area (Å²) in [6, 6.07) is 17.0. The molecule has 31 heavy (non-hydrogen) atoms. The predicted molar refractivity (Wildman–Crippen MR) is 117 cm³/mol. The SMILES string of the molecule is CCN(C(=O)Cn1nc(Cc2cccnc2)c2ccccc2c1=O)c1ccccc1F. The summed E-state index contributed by atoms with van der Waals surface area (Å²) in [7, 11) is 0. The third-order valence-electron chi connectivity index (χ3n) is 5.08. The minimum atomic E-state index is -0.492. The van der Waals surface area contributed by atoms with Gasteiger partial charge in [-0.05, 0) is 36.8 Å². The summed E-state index contributed by atoms with van der Waals surface area (Å²) in [6.45, 7) is 1.74. The van der Waals surface area contributed by atoms with E-state index in [4.69, 9.17) is 0 Å². The van der Waals surface area contributed by atoms with Crippen molar-refractivity contribution in [2.75, 3.05) is 11.4 Å². The van der Waals surface area contributed by atoms with Crippen LogP contribution in [0.3, 0.4) is 0 Å². The van der Waals surface area contributed by atoms with Crippen molar-refractivity contribution in [1.29, 1.82) is 0 Å². The lowest BCUT2D eigenvalue weighted by atomic mass is 10.1. The molecular weight excluding hydrogens is 395 g/mol. The molecule has 7 heteroatoms. The third-order valence-corrected chi connectivity index (χ3v) is 5.08. The number of carbonyl (C=O) groups excluding carboxylic acids is 1. The molecule has 0 fully saturated rings. The highest BCUT2D eigenvalue weighted by Crippen LogP contribution is 2.20. The Kier molecular flexibility index (Phi) is 5.84. The summed E-state index contributed by atoms with van der Waals surface area (Å²) in [5, 5.41) is 5.73. The van der Waals surface area contributed by atoms with E-state index < -0.39 is 11.7 Å². The lowest BCUT2D eigenvalue weighted by molar-refractivity contribution is -0.119. The van der Waals surface area contributed by atoms with Crippen LogP contribution in [0.4, 0.5) is 10.1 Å². The van der Waals surface area contributed by atoms with Gasteiger partial charge in [-0.25, -0.2) is 9.07 Å². The normalized spacial score (nSPS) is 10.9. The Morgan fingerprint density at radius 3 is 2.48 bits per heavy atom. The average molecular weight is 416 g/mol. The van der Waals surface area contributed by atoms with Gasteiger partial charge in [-0.3, -0.25) is 14.6 Å². The van der Waals surface area contributed by atoms with E-state index >= 15 is 0 Å². The van der Waals surface area contributed by atoms with Crippen LogP contribution < -0.4 is 10.5 Å². The van der Waals surface area contributed by atoms with Crippen LogP contribution in [-0.2, 0) is 17.8 Å². The number of benzene rings is 2. The third kappa shape index (κ3) is 4.21. The monoisotopic (exact) mass is 416 g/mol. The molecule has 0 aliphatic rings. The van der Waals surface area contributed by atoms with Gasteiger partial charge >= 0.3 is 0 Å². The summed E-state index contributed by atoms with van der Waals surface area (Å²) < 4.78 is 15.4. The van der Waals surface area contributed by atoms with Crippen molar-refractivity contribution >= 4 is 22.4 Å². The molecule has 156 valence electrons. The fourth-order valence-electron chi connectivity index (χ4n) is 3.60. The molecule has 0 radical (unpaired) electrons. The molecule has 0 spiro atoms. The van der Waals surface area contributed by atoms with Gasteiger partial charge in [-0.2, -0.15) is 5.10 Å². The van der Waals surface area contributed by atoms with Crippen LogP contribution >= 0.6 is 0 Å². The molecule has 0 saturated heterocycles. The molecule has 2 heterocycles. The van der Waals surface area contributed by atoms with E-state index in [9.17, 15) is 14.0 Å². The quantitative estimate of drug-likeness (QED) is 0.482. The Hall–Kier alpha value is -3.87. The number of aromatic nitrogens is 3. The zero-order chi connectivity index (χ0) is 21.8. The van der Waals surface area contributed by atoms with Gasteiger partial charge < -0.3 is 4.90 Å². The maximum absolute atomic E-state index is 14.2. The van der Waals surface area contributed by atoms with Crippen LogP contribution in [0.2, 0.25) is 0 Å². The number of hydrogen-bond acceptors (Lipinski definition) is 4. The molecule has 4 rings (SSSR count). The number of pyridine rings is 1. The second-order valence-electron chi connectivity index (χ2n) is 7.08.